The minimum Gasteiger partial charge on any atom is -0.462 e. The lowest BCUT2D eigenvalue weighted by atomic mass is 10.1. The quantitative estimate of drug-likeness (QED) is 0.0356. The second-order valence-corrected chi connectivity index (χ2v) is 12.0. The van der Waals surface area contributed by atoms with Crippen LogP contribution < -0.4 is 0 Å². The van der Waals surface area contributed by atoms with E-state index in [0.29, 0.717) is 12.8 Å². The number of hydrogen-bond acceptors (Lipinski definition) is 6. The number of phosphoric ester groups is 1. The first kappa shape index (κ1) is 42.5. The van der Waals surface area contributed by atoms with Crippen LogP contribution in [0.3, 0.4) is 0 Å². The fraction of sp³-hybridized carbons (Fsp3) is 0.611. The third kappa shape index (κ3) is 34.2. The Bertz CT molecular complexity index is 958. The maximum atomic E-state index is 12.2. The molecule has 0 amide bonds. The number of rotatable bonds is 29. The van der Waals surface area contributed by atoms with Crippen LogP contribution in [0, 0.1) is 0 Å². The molecule has 45 heavy (non-hydrogen) atoms. The third-order valence-corrected chi connectivity index (χ3v) is 6.99. The van der Waals surface area contributed by atoms with Crippen molar-refractivity contribution in [2.45, 2.75) is 129 Å². The molecule has 0 unspecified atom stereocenters. The Balaban J connectivity index is 4.14. The van der Waals surface area contributed by atoms with Crippen LogP contribution in [0.5, 0.6) is 0 Å². The van der Waals surface area contributed by atoms with E-state index < -0.39 is 32.5 Å². The van der Waals surface area contributed by atoms with E-state index in [9.17, 15) is 14.2 Å². The summed E-state index contributed by atoms with van der Waals surface area (Å²) in [5.74, 6) is -0.996. The van der Waals surface area contributed by atoms with E-state index in [-0.39, 0.29) is 19.4 Å². The summed E-state index contributed by atoms with van der Waals surface area (Å²) in [6, 6.07) is 0. The Hall–Kier alpha value is -2.51. The van der Waals surface area contributed by atoms with Crippen LogP contribution in [0.25, 0.3) is 0 Å². The molecule has 256 valence electrons. The van der Waals surface area contributed by atoms with Crippen LogP contribution in [0.2, 0.25) is 0 Å². The first-order valence-corrected chi connectivity index (χ1v) is 18.3. The Morgan fingerprint density at radius 3 is 1.56 bits per heavy atom. The van der Waals surface area contributed by atoms with Crippen molar-refractivity contribution in [3.8, 4) is 0 Å². The molecule has 0 aromatic rings. The van der Waals surface area contributed by atoms with Gasteiger partial charge in [-0.2, -0.15) is 0 Å². The molecule has 0 fully saturated rings. The average molecular weight is 651 g/mol. The van der Waals surface area contributed by atoms with E-state index in [2.05, 4.69) is 79.1 Å². The van der Waals surface area contributed by atoms with Crippen LogP contribution >= 0.6 is 7.82 Å². The summed E-state index contributed by atoms with van der Waals surface area (Å²) >= 11 is 0. The first-order valence-electron chi connectivity index (χ1n) is 16.7. The maximum Gasteiger partial charge on any atom is 0.469 e. The summed E-state index contributed by atoms with van der Waals surface area (Å²) in [5.41, 5.74) is 0. The molecule has 8 nitrogen and oxygen atoms in total. The molecule has 0 aliphatic heterocycles. The predicted octanol–water partition coefficient (Wildman–Crippen LogP) is 9.56. The number of phosphoric acid groups is 1. The van der Waals surface area contributed by atoms with Crippen molar-refractivity contribution in [2.75, 3.05) is 13.2 Å². The molecule has 0 spiro atoms. The summed E-state index contributed by atoms with van der Waals surface area (Å²) in [6.07, 6.45) is 39.4. The van der Waals surface area contributed by atoms with Gasteiger partial charge in [0, 0.05) is 12.8 Å². The Morgan fingerprint density at radius 2 is 1.07 bits per heavy atom. The number of unbranched alkanes of at least 4 members (excludes halogenated alkanes) is 7. The number of allylic oxidation sites excluding steroid dienone is 12. The van der Waals surface area contributed by atoms with Gasteiger partial charge in [0.05, 0.1) is 6.61 Å². The summed E-state index contributed by atoms with van der Waals surface area (Å²) in [5, 5.41) is 0. The lowest BCUT2D eigenvalue weighted by Crippen LogP contribution is -2.29. The Labute approximate surface area is 272 Å². The summed E-state index contributed by atoms with van der Waals surface area (Å²) in [7, 11) is -4.76. The molecule has 0 heterocycles. The van der Waals surface area contributed by atoms with Gasteiger partial charge in [-0.05, 0) is 51.4 Å². The van der Waals surface area contributed by atoms with Crippen LogP contribution in [0.15, 0.2) is 72.9 Å². The molecule has 0 bridgehead atoms. The zero-order chi connectivity index (χ0) is 33.3. The SMILES string of the molecule is CC/C=C/C/C=C/C/C=C/C/C=C/C/C=C/C/C=C/CCC(=O)OC[C@H](COP(=O)(O)O)OC(=O)CCCCCCCCCC. The topological polar surface area (TPSA) is 119 Å². The highest BCUT2D eigenvalue weighted by molar-refractivity contribution is 7.46. The van der Waals surface area contributed by atoms with Crippen molar-refractivity contribution in [1.29, 1.82) is 0 Å². The molecule has 0 rings (SSSR count). The number of carbonyl (C=O) groups excluding carboxylic acids is 2. The van der Waals surface area contributed by atoms with Gasteiger partial charge in [-0.25, -0.2) is 4.57 Å². The number of hydrogen-bond donors (Lipinski definition) is 2. The molecular formula is C36H59O8P. The standard InChI is InChI=1S/C36H59O8P/c1-3-5-7-9-11-13-14-15-16-17-18-19-20-21-22-23-25-26-28-30-35(37)42-32-34(33-43-45(39,40)41)44-36(38)31-29-27-24-12-10-8-6-4-2/h5,7,11,13,15-16,18-19,21-22,25-26,34H,3-4,6,8-10,12,14,17,20,23-24,27-33H2,1-2H3,(H2,39,40,41)/b7-5+,13-11+,16-15+,19-18+,22-21+,26-25+/t34-/m1/s1. The molecule has 9 heteroatoms. The summed E-state index contributed by atoms with van der Waals surface area (Å²) in [4.78, 5) is 42.4. The summed E-state index contributed by atoms with van der Waals surface area (Å²) < 4.78 is 26.0. The van der Waals surface area contributed by atoms with Crippen LogP contribution in [0.4, 0.5) is 0 Å². The minimum absolute atomic E-state index is 0.139. The normalized spacial score (nSPS) is 13.4. The molecule has 0 aromatic heterocycles. The number of ether oxygens (including phenoxy) is 2. The highest BCUT2D eigenvalue weighted by atomic mass is 31.2. The van der Waals surface area contributed by atoms with Crippen molar-refractivity contribution in [1.82, 2.24) is 0 Å². The van der Waals surface area contributed by atoms with E-state index in [0.717, 1.165) is 57.8 Å². The first-order chi connectivity index (χ1) is 21.8. The Morgan fingerprint density at radius 1 is 0.600 bits per heavy atom. The monoisotopic (exact) mass is 650 g/mol. The molecule has 0 radical (unpaired) electrons. The van der Waals surface area contributed by atoms with Crippen molar-refractivity contribution in [3.05, 3.63) is 72.9 Å². The van der Waals surface area contributed by atoms with E-state index in [4.69, 9.17) is 19.3 Å². The lowest BCUT2D eigenvalue weighted by Gasteiger charge is -2.18. The molecule has 0 saturated carbocycles. The van der Waals surface area contributed by atoms with Gasteiger partial charge in [0.15, 0.2) is 6.10 Å². The van der Waals surface area contributed by atoms with E-state index in [1.807, 2.05) is 12.2 Å². The molecular weight excluding hydrogens is 591 g/mol. The van der Waals surface area contributed by atoms with E-state index >= 15 is 0 Å². The molecule has 0 aliphatic carbocycles. The lowest BCUT2D eigenvalue weighted by molar-refractivity contribution is -0.161. The van der Waals surface area contributed by atoms with Crippen molar-refractivity contribution in [2.24, 2.45) is 0 Å². The highest BCUT2D eigenvalue weighted by Gasteiger charge is 2.22. The number of esters is 2. The molecule has 0 saturated heterocycles. The largest absolute Gasteiger partial charge is 0.469 e. The third-order valence-electron chi connectivity index (χ3n) is 6.50. The second-order valence-electron chi connectivity index (χ2n) is 10.8. The van der Waals surface area contributed by atoms with Gasteiger partial charge in [0.2, 0.25) is 0 Å². The zero-order valence-electron chi connectivity index (χ0n) is 27.7. The Kier molecular flexibility index (Phi) is 29.7. The zero-order valence-corrected chi connectivity index (χ0v) is 28.6. The second kappa shape index (κ2) is 31.5. The van der Waals surface area contributed by atoms with E-state index in [1.54, 1.807) is 0 Å². The maximum absolute atomic E-state index is 12.2. The van der Waals surface area contributed by atoms with Gasteiger partial charge >= 0.3 is 19.8 Å². The number of carbonyl (C=O) groups is 2. The van der Waals surface area contributed by atoms with Crippen molar-refractivity contribution >= 4 is 19.8 Å². The van der Waals surface area contributed by atoms with Gasteiger partial charge in [-0.3, -0.25) is 14.1 Å². The van der Waals surface area contributed by atoms with Crippen molar-refractivity contribution < 1.29 is 37.9 Å². The van der Waals surface area contributed by atoms with Gasteiger partial charge in [0.25, 0.3) is 0 Å². The van der Waals surface area contributed by atoms with Crippen LogP contribution in [-0.2, 0) is 28.2 Å². The van der Waals surface area contributed by atoms with Crippen LogP contribution in [0.1, 0.15) is 123 Å². The fourth-order valence-electron chi connectivity index (χ4n) is 4.04. The molecule has 1 atom stereocenters. The fourth-order valence-corrected chi connectivity index (χ4v) is 4.40. The van der Waals surface area contributed by atoms with Gasteiger partial charge < -0.3 is 19.3 Å². The van der Waals surface area contributed by atoms with Crippen molar-refractivity contribution in [3.63, 3.8) is 0 Å². The van der Waals surface area contributed by atoms with Gasteiger partial charge in [-0.1, -0.05) is 132 Å². The van der Waals surface area contributed by atoms with Crippen LogP contribution in [-0.4, -0.2) is 41.0 Å². The van der Waals surface area contributed by atoms with E-state index in [1.165, 1.54) is 25.7 Å². The molecule has 0 aliphatic rings. The molecule has 0 aromatic carbocycles. The highest BCUT2D eigenvalue weighted by Crippen LogP contribution is 2.35. The summed E-state index contributed by atoms with van der Waals surface area (Å²) in [6.45, 7) is 3.43. The smallest absolute Gasteiger partial charge is 0.462 e. The predicted molar refractivity (Wildman–Crippen MR) is 184 cm³/mol. The van der Waals surface area contributed by atoms with Gasteiger partial charge in [0.1, 0.15) is 6.61 Å². The average Bonchev–Trinajstić information content (AvgIpc) is 3.00. The molecule has 2 N–H and O–H groups in total. The van der Waals surface area contributed by atoms with Gasteiger partial charge in [-0.15, -0.1) is 0 Å². The minimum atomic E-state index is -4.76.